The smallest absolute Gasteiger partial charge is 0.147 e. The van der Waals surface area contributed by atoms with E-state index in [-0.39, 0.29) is 11.8 Å². The molecule has 0 unspecified atom stereocenters. The van der Waals surface area contributed by atoms with Gasteiger partial charge in [0.25, 0.3) is 0 Å². The quantitative estimate of drug-likeness (QED) is 0.798. The van der Waals surface area contributed by atoms with E-state index in [1.165, 1.54) is 22.3 Å². The number of nitrogens with one attached hydrogen (secondary N) is 1. The van der Waals surface area contributed by atoms with Gasteiger partial charge in [-0.05, 0) is 57.9 Å². The highest BCUT2D eigenvalue weighted by atomic mass is 16.1. The summed E-state index contributed by atoms with van der Waals surface area (Å²) in [4.78, 5) is 11.4. The number of hydrogen-bond donors (Lipinski definition) is 1. The molecule has 1 aromatic rings. The minimum Gasteiger partial charge on any atom is -0.310 e. The topological polar surface area (TPSA) is 29.1 Å². The maximum Gasteiger partial charge on any atom is 0.147 e. The minimum atomic E-state index is -0.0979. The van der Waals surface area contributed by atoms with Gasteiger partial charge < -0.3 is 5.32 Å². The molecule has 0 radical (unpaired) electrons. The van der Waals surface area contributed by atoms with Crippen LogP contribution in [0.2, 0.25) is 0 Å². The summed E-state index contributed by atoms with van der Waals surface area (Å²) >= 11 is 0. The van der Waals surface area contributed by atoms with Crippen molar-refractivity contribution in [2.45, 2.75) is 40.2 Å². The molecular weight excluding hydrogens is 246 g/mol. The lowest BCUT2D eigenvalue weighted by Crippen LogP contribution is -2.34. The Labute approximate surface area is 122 Å². The molecule has 108 valence electrons. The van der Waals surface area contributed by atoms with Crippen molar-refractivity contribution in [3.63, 3.8) is 0 Å². The van der Waals surface area contributed by atoms with Crippen molar-refractivity contribution < 1.29 is 4.79 Å². The molecule has 1 aromatic carbocycles. The predicted molar refractivity (Wildman–Crippen MR) is 86.8 cm³/mol. The van der Waals surface area contributed by atoms with Gasteiger partial charge in [-0.2, -0.15) is 0 Å². The van der Waals surface area contributed by atoms with Gasteiger partial charge in [0.15, 0.2) is 0 Å². The van der Waals surface area contributed by atoms with Crippen molar-refractivity contribution in [1.82, 2.24) is 5.32 Å². The molecule has 0 fully saturated rings. The van der Waals surface area contributed by atoms with E-state index in [1.807, 2.05) is 14.0 Å². The molecule has 0 saturated heterocycles. The molecule has 0 aliphatic carbocycles. The number of allylic oxidation sites excluding steroid dienone is 4. The van der Waals surface area contributed by atoms with E-state index in [0.29, 0.717) is 0 Å². The van der Waals surface area contributed by atoms with E-state index in [0.717, 1.165) is 6.42 Å². The standard InChI is InChI=1S/C18H25NO/c1-6-7-17(13(2)3)16-10-8-15(9-11-16)12-18(19-5)14(4)20/h6-11,18-19H,12H2,1-5H3/b7-6-/t18-/m0/s1. The van der Waals surface area contributed by atoms with Crippen molar-refractivity contribution in [1.29, 1.82) is 0 Å². The zero-order chi connectivity index (χ0) is 15.1. The van der Waals surface area contributed by atoms with Crippen LogP contribution >= 0.6 is 0 Å². The van der Waals surface area contributed by atoms with Crippen molar-refractivity contribution in [3.05, 3.63) is 53.1 Å². The molecule has 2 heteroatoms. The third-order valence-electron chi connectivity index (χ3n) is 3.42. The molecule has 0 spiro atoms. The number of ketones is 1. The first kappa shape index (κ1) is 16.4. The second kappa shape index (κ2) is 7.81. The highest BCUT2D eigenvalue weighted by Gasteiger charge is 2.12. The highest BCUT2D eigenvalue weighted by molar-refractivity contribution is 5.81. The molecule has 0 aliphatic rings. The Morgan fingerprint density at radius 1 is 1.20 bits per heavy atom. The second-order valence-electron chi connectivity index (χ2n) is 5.27. The molecular formula is C18H25NO. The summed E-state index contributed by atoms with van der Waals surface area (Å²) in [5.41, 5.74) is 4.95. The van der Waals surface area contributed by atoms with E-state index in [4.69, 9.17) is 0 Å². The van der Waals surface area contributed by atoms with Crippen LogP contribution in [0.25, 0.3) is 5.57 Å². The van der Waals surface area contributed by atoms with Crippen molar-refractivity contribution >= 4 is 11.4 Å². The molecule has 1 N–H and O–H groups in total. The molecule has 1 rings (SSSR count). The van der Waals surface area contributed by atoms with E-state index < -0.39 is 0 Å². The molecule has 2 nitrogen and oxygen atoms in total. The van der Waals surface area contributed by atoms with Gasteiger partial charge in [0.2, 0.25) is 0 Å². The summed E-state index contributed by atoms with van der Waals surface area (Å²) in [6, 6.07) is 8.37. The lowest BCUT2D eigenvalue weighted by atomic mass is 9.97. The Hall–Kier alpha value is -1.67. The zero-order valence-corrected chi connectivity index (χ0v) is 13.2. The Kier molecular flexibility index (Phi) is 6.40. The first-order valence-corrected chi connectivity index (χ1v) is 7.06. The van der Waals surface area contributed by atoms with Gasteiger partial charge in [-0.25, -0.2) is 0 Å². The number of likely N-dealkylation sites (N-methyl/N-ethyl adjacent to an activating group) is 1. The maximum atomic E-state index is 11.4. The monoisotopic (exact) mass is 271 g/mol. The van der Waals surface area contributed by atoms with Crippen LogP contribution in [0.1, 0.15) is 38.8 Å². The average Bonchev–Trinajstić information content (AvgIpc) is 2.42. The summed E-state index contributed by atoms with van der Waals surface area (Å²) in [7, 11) is 1.83. The van der Waals surface area contributed by atoms with Crippen LogP contribution < -0.4 is 5.32 Å². The fourth-order valence-electron chi connectivity index (χ4n) is 2.22. The van der Waals surface area contributed by atoms with Gasteiger partial charge in [0.1, 0.15) is 5.78 Å². The molecule has 0 saturated carbocycles. The fourth-order valence-corrected chi connectivity index (χ4v) is 2.22. The highest BCUT2D eigenvalue weighted by Crippen LogP contribution is 2.21. The van der Waals surface area contributed by atoms with Gasteiger partial charge in [-0.15, -0.1) is 0 Å². The lowest BCUT2D eigenvalue weighted by Gasteiger charge is -2.13. The van der Waals surface area contributed by atoms with Gasteiger partial charge in [0.05, 0.1) is 6.04 Å². The summed E-state index contributed by atoms with van der Waals surface area (Å²) in [5, 5.41) is 3.06. The van der Waals surface area contributed by atoms with Gasteiger partial charge in [0, 0.05) is 0 Å². The van der Waals surface area contributed by atoms with Crippen LogP contribution in [0, 0.1) is 0 Å². The Morgan fingerprint density at radius 2 is 1.80 bits per heavy atom. The summed E-state index contributed by atoms with van der Waals surface area (Å²) in [6.07, 6.45) is 4.93. The Morgan fingerprint density at radius 3 is 2.20 bits per heavy atom. The van der Waals surface area contributed by atoms with Crippen molar-refractivity contribution in [2.24, 2.45) is 0 Å². The number of rotatable bonds is 6. The van der Waals surface area contributed by atoms with Gasteiger partial charge in [-0.1, -0.05) is 42.0 Å². The number of carbonyl (C=O) groups excluding carboxylic acids is 1. The van der Waals surface area contributed by atoms with E-state index >= 15 is 0 Å². The number of carbonyl (C=O) groups is 1. The van der Waals surface area contributed by atoms with Crippen LogP contribution in [0.5, 0.6) is 0 Å². The third kappa shape index (κ3) is 4.46. The second-order valence-corrected chi connectivity index (χ2v) is 5.27. The van der Waals surface area contributed by atoms with Gasteiger partial charge >= 0.3 is 0 Å². The van der Waals surface area contributed by atoms with E-state index in [2.05, 4.69) is 55.6 Å². The number of benzene rings is 1. The van der Waals surface area contributed by atoms with Crippen LogP contribution in [0.15, 0.2) is 42.0 Å². The van der Waals surface area contributed by atoms with Crippen LogP contribution in [-0.4, -0.2) is 18.9 Å². The maximum absolute atomic E-state index is 11.4. The first-order valence-electron chi connectivity index (χ1n) is 7.06. The molecule has 20 heavy (non-hydrogen) atoms. The van der Waals surface area contributed by atoms with Crippen molar-refractivity contribution in [3.8, 4) is 0 Å². The Bertz CT molecular complexity index is 505. The van der Waals surface area contributed by atoms with Crippen LogP contribution in [-0.2, 0) is 11.2 Å². The molecule has 1 atom stereocenters. The molecule has 0 aromatic heterocycles. The minimum absolute atomic E-state index is 0.0979. The molecule has 0 bridgehead atoms. The van der Waals surface area contributed by atoms with E-state index in [9.17, 15) is 4.79 Å². The average molecular weight is 271 g/mol. The van der Waals surface area contributed by atoms with Crippen molar-refractivity contribution in [2.75, 3.05) is 7.05 Å². The normalized spacial score (nSPS) is 12.4. The largest absolute Gasteiger partial charge is 0.310 e. The molecule has 0 aliphatic heterocycles. The number of Topliss-reactive ketones (excluding diaryl/α,β-unsaturated/α-hetero) is 1. The fraction of sp³-hybridized carbons (Fsp3) is 0.389. The predicted octanol–water partition coefficient (Wildman–Crippen LogP) is 3.78. The SMILES string of the molecule is C/C=C\C(=C(C)C)c1ccc(C[C@H](NC)C(C)=O)cc1. The molecule has 0 amide bonds. The third-order valence-corrected chi connectivity index (χ3v) is 3.42. The van der Waals surface area contributed by atoms with E-state index in [1.54, 1.807) is 6.92 Å². The lowest BCUT2D eigenvalue weighted by molar-refractivity contribution is -0.118. The summed E-state index contributed by atoms with van der Waals surface area (Å²) in [6.45, 7) is 7.90. The Balaban J connectivity index is 2.94. The molecule has 0 heterocycles. The zero-order valence-electron chi connectivity index (χ0n) is 13.2. The summed E-state index contributed by atoms with van der Waals surface area (Å²) in [5.74, 6) is 0.176. The van der Waals surface area contributed by atoms with Crippen LogP contribution in [0.4, 0.5) is 0 Å². The first-order chi connectivity index (χ1) is 9.49. The summed E-state index contributed by atoms with van der Waals surface area (Å²) < 4.78 is 0. The van der Waals surface area contributed by atoms with Gasteiger partial charge in [-0.3, -0.25) is 4.79 Å². The number of hydrogen-bond acceptors (Lipinski definition) is 2. The van der Waals surface area contributed by atoms with Crippen LogP contribution in [0.3, 0.4) is 0 Å².